The van der Waals surface area contributed by atoms with Gasteiger partial charge in [-0.1, -0.05) is 6.92 Å². The van der Waals surface area contributed by atoms with Crippen LogP contribution < -0.4 is 9.47 Å². The van der Waals surface area contributed by atoms with E-state index in [2.05, 4.69) is 0 Å². The van der Waals surface area contributed by atoms with Gasteiger partial charge in [-0.05, 0) is 52.3 Å². The van der Waals surface area contributed by atoms with Crippen molar-refractivity contribution in [3.8, 4) is 11.5 Å². The molecule has 0 fully saturated rings. The Kier molecular flexibility index (Phi) is 7.56. The average Bonchev–Trinajstić information content (AvgIpc) is 2.59. The van der Waals surface area contributed by atoms with E-state index in [1.54, 1.807) is 6.92 Å². The standard InChI is InChI=1S/C21H33NO6S/c1-7-22(29(6,24)25)18-14-21(4,5)28-19-11-10-16(13-17(18)19)27-15(3)9-12-20(23)26-8-2/h10-11,13,15,18H,7-9,12,14H2,1-6H3. The summed E-state index contributed by atoms with van der Waals surface area (Å²) in [7, 11) is -3.38. The zero-order valence-electron chi connectivity index (χ0n) is 18.2. The van der Waals surface area contributed by atoms with Crippen LogP contribution in [-0.2, 0) is 19.6 Å². The van der Waals surface area contributed by atoms with Gasteiger partial charge in [0.05, 0.1) is 25.0 Å². The first-order valence-corrected chi connectivity index (χ1v) is 11.9. The lowest BCUT2D eigenvalue weighted by Gasteiger charge is -2.41. The molecule has 1 aliphatic heterocycles. The van der Waals surface area contributed by atoms with Gasteiger partial charge in [-0.25, -0.2) is 8.42 Å². The van der Waals surface area contributed by atoms with E-state index in [0.717, 1.165) is 5.56 Å². The van der Waals surface area contributed by atoms with E-state index in [9.17, 15) is 13.2 Å². The van der Waals surface area contributed by atoms with E-state index in [-0.39, 0.29) is 24.5 Å². The SMILES string of the molecule is CCOC(=O)CCC(C)Oc1ccc2c(c1)C(N(CC)S(C)(=O)=O)CC(C)(C)O2. The zero-order valence-corrected chi connectivity index (χ0v) is 19.0. The molecule has 29 heavy (non-hydrogen) atoms. The topological polar surface area (TPSA) is 82.1 Å². The molecule has 1 aromatic rings. The Hall–Kier alpha value is -1.80. The van der Waals surface area contributed by atoms with Crippen molar-refractivity contribution in [1.29, 1.82) is 0 Å². The molecule has 2 unspecified atom stereocenters. The van der Waals surface area contributed by atoms with Crippen LogP contribution >= 0.6 is 0 Å². The highest BCUT2D eigenvalue weighted by Crippen LogP contribution is 2.44. The molecule has 0 radical (unpaired) electrons. The predicted molar refractivity (Wildman–Crippen MR) is 112 cm³/mol. The van der Waals surface area contributed by atoms with E-state index in [4.69, 9.17) is 14.2 Å². The molecule has 0 bridgehead atoms. The van der Waals surface area contributed by atoms with Gasteiger partial charge in [0, 0.05) is 24.9 Å². The highest BCUT2D eigenvalue weighted by Gasteiger charge is 2.39. The maximum absolute atomic E-state index is 12.4. The molecular formula is C21H33NO6S. The van der Waals surface area contributed by atoms with E-state index in [1.807, 2.05) is 45.9 Å². The molecule has 0 amide bonds. The van der Waals surface area contributed by atoms with Gasteiger partial charge in [0.25, 0.3) is 0 Å². The van der Waals surface area contributed by atoms with Crippen molar-refractivity contribution in [1.82, 2.24) is 4.31 Å². The van der Waals surface area contributed by atoms with Crippen molar-refractivity contribution in [2.45, 2.75) is 71.6 Å². The number of esters is 1. The van der Waals surface area contributed by atoms with Crippen LogP contribution in [0, 0.1) is 0 Å². The fraction of sp³-hybridized carbons (Fsp3) is 0.667. The summed E-state index contributed by atoms with van der Waals surface area (Å²) in [6, 6.07) is 5.16. The Morgan fingerprint density at radius 1 is 1.34 bits per heavy atom. The van der Waals surface area contributed by atoms with Crippen LogP contribution in [0.15, 0.2) is 18.2 Å². The van der Waals surface area contributed by atoms with Crippen molar-refractivity contribution < 1.29 is 27.4 Å². The first-order valence-electron chi connectivity index (χ1n) is 10.1. The van der Waals surface area contributed by atoms with Gasteiger partial charge in [-0.15, -0.1) is 0 Å². The van der Waals surface area contributed by atoms with Gasteiger partial charge in [0.1, 0.15) is 17.1 Å². The Morgan fingerprint density at radius 2 is 2.03 bits per heavy atom. The Morgan fingerprint density at radius 3 is 2.62 bits per heavy atom. The van der Waals surface area contributed by atoms with Gasteiger partial charge in [-0.2, -0.15) is 4.31 Å². The molecule has 0 aliphatic carbocycles. The summed E-state index contributed by atoms with van der Waals surface area (Å²) < 4.78 is 43.2. The van der Waals surface area contributed by atoms with Crippen molar-refractivity contribution in [3.63, 3.8) is 0 Å². The number of fused-ring (bicyclic) bond motifs is 1. The van der Waals surface area contributed by atoms with Crippen molar-refractivity contribution in [2.24, 2.45) is 0 Å². The van der Waals surface area contributed by atoms with Crippen LogP contribution in [0.3, 0.4) is 0 Å². The molecule has 0 aromatic heterocycles. The number of hydrogen-bond acceptors (Lipinski definition) is 6. The van der Waals surface area contributed by atoms with Gasteiger partial charge < -0.3 is 14.2 Å². The van der Waals surface area contributed by atoms with E-state index >= 15 is 0 Å². The number of nitrogens with zero attached hydrogens (tertiary/aromatic N) is 1. The van der Waals surface area contributed by atoms with Crippen LogP contribution in [-0.4, -0.2) is 49.8 Å². The summed E-state index contributed by atoms with van der Waals surface area (Å²) in [5, 5.41) is 0. The largest absolute Gasteiger partial charge is 0.491 e. The third-order valence-corrected chi connectivity index (χ3v) is 6.26. The van der Waals surface area contributed by atoms with Crippen LogP contribution in [0.5, 0.6) is 11.5 Å². The Balaban J connectivity index is 2.24. The quantitative estimate of drug-likeness (QED) is 0.559. The number of rotatable bonds is 9. The summed E-state index contributed by atoms with van der Waals surface area (Å²) in [6.45, 7) is 10.2. The molecule has 1 aromatic carbocycles. The lowest BCUT2D eigenvalue weighted by atomic mass is 9.89. The third-order valence-electron chi connectivity index (χ3n) is 4.89. The fourth-order valence-electron chi connectivity index (χ4n) is 3.66. The van der Waals surface area contributed by atoms with E-state index < -0.39 is 15.6 Å². The minimum absolute atomic E-state index is 0.186. The number of ether oxygens (including phenoxy) is 3. The molecule has 1 aliphatic rings. The molecule has 2 rings (SSSR count). The third kappa shape index (κ3) is 6.34. The first-order chi connectivity index (χ1) is 13.5. The van der Waals surface area contributed by atoms with Gasteiger partial charge >= 0.3 is 5.97 Å². The summed E-state index contributed by atoms with van der Waals surface area (Å²) >= 11 is 0. The summed E-state index contributed by atoms with van der Waals surface area (Å²) in [5.74, 6) is 1.05. The van der Waals surface area contributed by atoms with E-state index in [1.165, 1.54) is 10.6 Å². The maximum Gasteiger partial charge on any atom is 0.305 e. The Bertz CT molecular complexity index is 820. The smallest absolute Gasteiger partial charge is 0.305 e. The van der Waals surface area contributed by atoms with Crippen LogP contribution in [0.4, 0.5) is 0 Å². The molecule has 0 spiro atoms. The van der Waals surface area contributed by atoms with Crippen molar-refractivity contribution >= 4 is 16.0 Å². The lowest BCUT2D eigenvalue weighted by Crippen LogP contribution is -2.43. The molecule has 0 N–H and O–H groups in total. The van der Waals surface area contributed by atoms with Gasteiger partial charge in [0.15, 0.2) is 0 Å². The molecule has 0 saturated carbocycles. The highest BCUT2D eigenvalue weighted by atomic mass is 32.2. The molecule has 164 valence electrons. The average molecular weight is 428 g/mol. The lowest BCUT2D eigenvalue weighted by molar-refractivity contribution is -0.143. The predicted octanol–water partition coefficient (Wildman–Crippen LogP) is 3.68. The van der Waals surface area contributed by atoms with E-state index in [0.29, 0.717) is 37.5 Å². The second-order valence-corrected chi connectivity index (χ2v) is 9.95. The molecular weight excluding hydrogens is 394 g/mol. The normalized spacial score (nSPS) is 19.2. The summed E-state index contributed by atoms with van der Waals surface area (Å²) in [5.41, 5.74) is 0.317. The summed E-state index contributed by atoms with van der Waals surface area (Å²) in [6.07, 6.45) is 2.42. The van der Waals surface area contributed by atoms with Crippen molar-refractivity contribution in [3.05, 3.63) is 23.8 Å². The minimum Gasteiger partial charge on any atom is -0.491 e. The minimum atomic E-state index is -3.38. The second-order valence-electron chi connectivity index (χ2n) is 8.02. The zero-order chi connectivity index (χ0) is 21.8. The number of benzene rings is 1. The highest BCUT2D eigenvalue weighted by molar-refractivity contribution is 7.88. The molecule has 8 heteroatoms. The summed E-state index contributed by atoms with van der Waals surface area (Å²) in [4.78, 5) is 11.5. The van der Waals surface area contributed by atoms with Crippen LogP contribution in [0.1, 0.15) is 65.5 Å². The number of carbonyl (C=O) groups excluding carboxylic acids is 1. The molecule has 7 nitrogen and oxygen atoms in total. The van der Waals surface area contributed by atoms with Crippen LogP contribution in [0.2, 0.25) is 0 Å². The van der Waals surface area contributed by atoms with Crippen molar-refractivity contribution in [2.75, 3.05) is 19.4 Å². The second kappa shape index (κ2) is 9.34. The number of hydrogen-bond donors (Lipinski definition) is 0. The van der Waals surface area contributed by atoms with Crippen LogP contribution in [0.25, 0.3) is 0 Å². The first kappa shape index (κ1) is 23.5. The van der Waals surface area contributed by atoms with Gasteiger partial charge in [0.2, 0.25) is 10.0 Å². The number of carbonyl (C=O) groups is 1. The Labute approximate surface area is 174 Å². The fourth-order valence-corrected chi connectivity index (χ4v) is 4.78. The monoisotopic (exact) mass is 427 g/mol. The maximum atomic E-state index is 12.4. The van der Waals surface area contributed by atoms with Gasteiger partial charge in [-0.3, -0.25) is 4.79 Å². The number of sulfonamides is 1. The molecule has 2 atom stereocenters. The molecule has 0 saturated heterocycles. The molecule has 1 heterocycles.